The van der Waals surface area contributed by atoms with Gasteiger partial charge in [-0.25, -0.2) is 49.8 Å². The van der Waals surface area contributed by atoms with E-state index in [1.165, 1.54) is 37.8 Å². The molecule has 5 saturated carbocycles. The lowest BCUT2D eigenvalue weighted by atomic mass is 10.1. The van der Waals surface area contributed by atoms with Gasteiger partial charge in [0.15, 0.2) is 11.3 Å². The van der Waals surface area contributed by atoms with Crippen LogP contribution >= 0.6 is 69.6 Å². The number of aromatic amines is 5. The zero-order valence-corrected chi connectivity index (χ0v) is 83.7. The molecule has 0 bridgehead atoms. The van der Waals surface area contributed by atoms with Gasteiger partial charge in [-0.2, -0.15) is 20.7 Å². The Balaban J connectivity index is 0.000000108. The van der Waals surface area contributed by atoms with Crippen molar-refractivity contribution in [3.63, 3.8) is 0 Å². The maximum Gasteiger partial charge on any atom is 0.260 e. The van der Waals surface area contributed by atoms with E-state index in [4.69, 9.17) is 75.3 Å². The van der Waals surface area contributed by atoms with Crippen LogP contribution in [0.4, 0.5) is 29.1 Å². The summed E-state index contributed by atoms with van der Waals surface area (Å²) in [6, 6.07) is 41.4. The number of nitriles is 2. The second-order valence-corrected chi connectivity index (χ2v) is 39.2. The number of anilines is 5. The maximum absolute atomic E-state index is 13.3. The number of hydrogen-bond donors (Lipinski definition) is 12. The molecule has 25 rings (SSSR count). The van der Waals surface area contributed by atoms with Gasteiger partial charge in [0.25, 0.3) is 39.6 Å². The number of nitrogens with one attached hydrogen (secondary N) is 11. The fourth-order valence-electron chi connectivity index (χ4n) is 19.2. The van der Waals surface area contributed by atoms with E-state index in [9.17, 15) is 44.1 Å². The molecule has 15 aromatic heterocycles. The van der Waals surface area contributed by atoms with Crippen LogP contribution in [0.5, 0.6) is 0 Å². The average Bonchev–Trinajstić information content (AvgIpc) is 1.71. The molecular weight excluding hydrogens is 2000 g/mol. The lowest BCUT2D eigenvalue weighted by Crippen LogP contribution is -2.26. The zero-order chi connectivity index (χ0) is 102. The lowest BCUT2D eigenvalue weighted by Gasteiger charge is -2.21. The van der Waals surface area contributed by atoms with Crippen LogP contribution in [-0.2, 0) is 0 Å². The average molecular weight is 2090 g/mol. The largest absolute Gasteiger partial charge is 0.366 e. The number of amides is 2. The number of aromatic nitrogens is 22. The molecule has 0 saturated heterocycles. The number of fused-ring (bicyclic) bond motifs is 10. The number of primary amides is 1. The first-order valence-electron chi connectivity index (χ1n) is 47.5. The summed E-state index contributed by atoms with van der Waals surface area (Å²) in [5.41, 5.74) is 13.5. The third-order valence-electron chi connectivity index (χ3n) is 26.9. The Morgan fingerprint density at radius 1 is 0.361 bits per heavy atom. The van der Waals surface area contributed by atoms with E-state index in [1.54, 1.807) is 49.8 Å². The summed E-state index contributed by atoms with van der Waals surface area (Å²) in [6.07, 6.45) is 21.6. The van der Waals surface area contributed by atoms with Crippen molar-refractivity contribution in [3.8, 4) is 12.1 Å². The fraction of sp³-hybridized carbons (Fsp3) is 0.252. The van der Waals surface area contributed by atoms with Gasteiger partial charge in [0.1, 0.15) is 106 Å². The SMILES string of the molecule is CNC(=O)c1c[nH]c2ncnc(N[C@@H](C)c3cc4cccc(Cl)c4c(=O)n3C3CC3)c12.C[C@H](Nc1ncnc2[nH]cc(C#N)c12)c1cc2cccc(Cl)c2c(=O)n1C1CC1.C[C@H](Nc1ncnc2[nH]cc(C(N)=O)c12)c1cc2cccc(Cl)c2c(=O)n1C1CC1.C[C@H](Nc1ncnc2n[nH]c(C#N)c12)c1cc2cccc(Cl)c2c(=O)n1C1CC1.C[C@H](Nc1ncnc2n[nH]c(Cl)c12)c1cc2cccc(Cl)c2c(=O)n1C1CC1. The molecule has 20 aromatic rings. The van der Waals surface area contributed by atoms with E-state index in [-0.39, 0.29) is 94.1 Å². The van der Waals surface area contributed by atoms with Crippen LogP contribution in [0.1, 0.15) is 220 Å². The van der Waals surface area contributed by atoms with Crippen molar-refractivity contribution in [1.82, 2.24) is 113 Å². The quantitative estimate of drug-likeness (QED) is 0.0300. The highest BCUT2D eigenvalue weighted by molar-refractivity contribution is 6.38. The third kappa shape index (κ3) is 18.6. The molecule has 5 aromatic carbocycles. The van der Waals surface area contributed by atoms with E-state index in [0.29, 0.717) is 164 Å². The Kier molecular flexibility index (Phi) is 26.2. The van der Waals surface area contributed by atoms with Gasteiger partial charge < -0.3 is 75.4 Å². The minimum absolute atomic E-state index is 0.0524. The summed E-state index contributed by atoms with van der Waals surface area (Å²) in [5.74, 6) is 1.82. The Morgan fingerprint density at radius 2 is 0.639 bits per heavy atom. The molecule has 38 nitrogen and oxygen atoms in total. The molecule has 740 valence electrons. The maximum atomic E-state index is 13.3. The minimum Gasteiger partial charge on any atom is -0.366 e. The molecule has 5 fully saturated rings. The van der Waals surface area contributed by atoms with E-state index >= 15 is 0 Å². The second-order valence-electron chi connectivity index (χ2n) is 36.8. The van der Waals surface area contributed by atoms with E-state index in [0.717, 1.165) is 120 Å². The van der Waals surface area contributed by atoms with Gasteiger partial charge in [0.2, 0.25) is 0 Å². The number of rotatable bonds is 22. The van der Waals surface area contributed by atoms with Gasteiger partial charge in [-0.1, -0.05) is 130 Å². The van der Waals surface area contributed by atoms with Crippen molar-refractivity contribution in [1.29, 1.82) is 10.5 Å². The van der Waals surface area contributed by atoms with Crippen molar-refractivity contribution in [2.24, 2.45) is 5.73 Å². The van der Waals surface area contributed by atoms with Crippen molar-refractivity contribution in [2.75, 3.05) is 33.6 Å². The second kappa shape index (κ2) is 39.7. The lowest BCUT2D eigenvalue weighted by molar-refractivity contribution is 0.0963. The van der Waals surface area contributed by atoms with E-state index < -0.39 is 5.91 Å². The van der Waals surface area contributed by atoms with Gasteiger partial charge in [0.05, 0.1) is 120 Å². The van der Waals surface area contributed by atoms with Gasteiger partial charge in [-0.05, 0) is 186 Å². The summed E-state index contributed by atoms with van der Waals surface area (Å²) in [7, 11) is 1.58. The normalized spacial score (nSPS) is 14.9. The molecule has 0 radical (unpaired) electrons. The fourth-order valence-corrected chi connectivity index (χ4v) is 20.7. The number of carbonyl (C=O) groups is 2. The molecule has 0 unspecified atom stereocenters. The Labute approximate surface area is 862 Å². The highest BCUT2D eigenvalue weighted by atomic mass is 35.5. The van der Waals surface area contributed by atoms with Crippen molar-refractivity contribution in [2.45, 2.75) is 159 Å². The molecule has 44 heteroatoms. The van der Waals surface area contributed by atoms with Crippen molar-refractivity contribution >= 4 is 220 Å². The number of nitrogens with two attached hydrogens (primary N) is 1. The molecule has 0 aliphatic heterocycles. The first-order chi connectivity index (χ1) is 71.1. The zero-order valence-electron chi connectivity index (χ0n) is 79.2. The number of pyridine rings is 5. The molecule has 5 atom stereocenters. The summed E-state index contributed by atoms with van der Waals surface area (Å²) in [4.78, 5) is 142. The first kappa shape index (κ1) is 96.9. The number of benzene rings is 5. The van der Waals surface area contributed by atoms with Crippen molar-refractivity contribution < 1.29 is 9.59 Å². The molecule has 5 aliphatic carbocycles. The predicted octanol–water partition coefficient (Wildman–Crippen LogP) is 19.8. The highest BCUT2D eigenvalue weighted by Crippen LogP contribution is 2.46. The number of H-pyrrole nitrogens is 5. The standard InChI is InChI=1S/C22H21ClN6O2.C21H19ClN6O2.C21H17ClN6O.C20H16ClN7O.C19H16Cl2N6O/c1-11(28-20-18-14(21(30)24-2)9-25-19(18)26-10-27-20)16-8-12-4-3-5-15(23)17(12)22(31)29(16)13-6-7-13;1-10(27-20-17-13(18(23)29)8-24-19(17)25-9-26-20)15-7-11-3-2-4-14(22)16(11)21(30)28(15)12-5-6-12;1-11(27-20-18-13(8-23)9-24-19(18)25-10-26-20)16-7-12-3-2-4-15(22)17(12)21(29)28(16)14-5-6-14;1-10(25-18-17-14(8-22)26-27-19(17)24-9-23-18)15-7-11-3-2-4-13(21)16(11)20(29)28(15)12-5-6-12;1-9(24-17-15-16(21)25-26-18(15)23-8-22-17)13-7-10-3-2-4-12(20)14(10)19(28)27(13)11-5-6-11/h3-5,8-11,13H,6-7H2,1-2H3,(H,24,30)(H2,25,26,27,28);2-4,7-10,12H,5-6H2,1H3,(H2,23,29)(H2,24,25,26,27);2-4,7,9-11,14H,5-6H2,1H3,(H2,24,25,26,27);2-4,7,9-10,12H,5-6H2,1H3,(H2,23,24,25,26,27);2-4,7-9,11H,5-6H2,1H3,(H2,22,23,24,25,26)/t11-;10-;11-;10-;9-/m00000/s1. The summed E-state index contributed by atoms with van der Waals surface area (Å²) >= 11 is 37.9. The number of carbonyl (C=O) groups excluding carboxylic acids is 2. The monoisotopic (exact) mass is 2080 g/mol. The van der Waals surface area contributed by atoms with Crippen LogP contribution in [0.15, 0.2) is 196 Å². The van der Waals surface area contributed by atoms with Crippen LogP contribution in [0, 0.1) is 22.7 Å². The molecular formula is C103H89Cl6N31O7. The van der Waals surface area contributed by atoms with E-state index in [2.05, 4.69) is 129 Å². The molecule has 0 spiro atoms. The molecule has 147 heavy (non-hydrogen) atoms. The minimum atomic E-state index is -0.568. The number of hydrogen-bond acceptors (Lipinski definition) is 26. The van der Waals surface area contributed by atoms with Crippen LogP contribution in [0.2, 0.25) is 30.3 Å². The summed E-state index contributed by atoms with van der Waals surface area (Å²) in [6.45, 7) is 9.87. The van der Waals surface area contributed by atoms with Gasteiger partial charge >= 0.3 is 0 Å². The van der Waals surface area contributed by atoms with Crippen molar-refractivity contribution in [3.05, 3.63) is 304 Å². The van der Waals surface area contributed by atoms with Crippen LogP contribution in [0.3, 0.4) is 0 Å². The van der Waals surface area contributed by atoms with Crippen LogP contribution in [-0.4, -0.2) is 127 Å². The van der Waals surface area contributed by atoms with Gasteiger partial charge in [0, 0.05) is 84.3 Å². The highest BCUT2D eigenvalue weighted by Gasteiger charge is 2.37. The molecule has 5 aliphatic rings. The predicted molar refractivity (Wildman–Crippen MR) is 569 cm³/mol. The summed E-state index contributed by atoms with van der Waals surface area (Å²) in [5, 5.41) is 64.1. The van der Waals surface area contributed by atoms with Crippen LogP contribution < -0.4 is 65.4 Å². The van der Waals surface area contributed by atoms with Gasteiger partial charge in [-0.3, -0.25) is 43.8 Å². The smallest absolute Gasteiger partial charge is 0.260 e. The summed E-state index contributed by atoms with van der Waals surface area (Å²) < 4.78 is 9.23. The topological polar surface area (TPSA) is 524 Å². The Morgan fingerprint density at radius 3 is 0.952 bits per heavy atom. The van der Waals surface area contributed by atoms with Crippen LogP contribution in [0.25, 0.3) is 109 Å². The van der Waals surface area contributed by atoms with E-state index in [1.807, 2.05) is 148 Å². The molecule has 13 N–H and O–H groups in total. The Hall–Kier alpha value is -16.2. The van der Waals surface area contributed by atoms with Gasteiger partial charge in [-0.15, -0.1) is 0 Å². The molecule has 2 amide bonds. The molecule has 15 heterocycles. The first-order valence-corrected chi connectivity index (χ1v) is 49.8. The number of nitrogens with zero attached hydrogens (tertiary/aromatic N) is 19. The third-order valence-corrected chi connectivity index (χ3v) is 28.7. The Bertz CT molecular complexity index is 8980. The number of halogens is 6.